The van der Waals surface area contributed by atoms with Crippen LogP contribution in [0.4, 0.5) is 5.69 Å². The quantitative estimate of drug-likeness (QED) is 0.615. The zero-order chi connectivity index (χ0) is 13.8. The summed E-state index contributed by atoms with van der Waals surface area (Å²) in [5.74, 6) is 0. The number of piperidine rings is 1. The van der Waals surface area contributed by atoms with Gasteiger partial charge in [-0.2, -0.15) is 0 Å². The van der Waals surface area contributed by atoms with E-state index in [1.165, 1.54) is 18.6 Å². The Bertz CT molecular complexity index is 512. The normalized spacial score (nSPS) is 16.0. The fraction of sp³-hybridized carbons (Fsp3) is 0.385. The van der Waals surface area contributed by atoms with Gasteiger partial charge in [-0.1, -0.05) is 23.2 Å². The first-order chi connectivity index (χ1) is 9.08. The Balaban J connectivity index is 2.25. The average Bonchev–Trinajstić information content (AvgIpc) is 2.40. The molecule has 1 saturated heterocycles. The first kappa shape index (κ1) is 14.2. The minimum atomic E-state index is -0.446. The van der Waals surface area contributed by atoms with E-state index in [1.54, 1.807) is 6.08 Å². The van der Waals surface area contributed by atoms with Gasteiger partial charge in [0.15, 0.2) is 0 Å². The van der Waals surface area contributed by atoms with E-state index in [1.807, 2.05) is 6.20 Å². The summed E-state index contributed by atoms with van der Waals surface area (Å²) in [5.41, 5.74) is 0.452. The molecule has 0 saturated carbocycles. The molecule has 6 heteroatoms. The number of likely N-dealkylation sites (tertiary alicyclic amines) is 1. The number of halogens is 2. The maximum atomic E-state index is 11.0. The molecule has 1 aromatic carbocycles. The number of benzene rings is 1. The highest BCUT2D eigenvalue weighted by Crippen LogP contribution is 2.31. The van der Waals surface area contributed by atoms with Gasteiger partial charge in [-0.25, -0.2) is 0 Å². The van der Waals surface area contributed by atoms with Crippen LogP contribution < -0.4 is 0 Å². The largest absolute Gasteiger partial charge is 0.377 e. The second-order valence-electron chi connectivity index (χ2n) is 4.49. The van der Waals surface area contributed by atoms with Gasteiger partial charge in [0, 0.05) is 19.2 Å². The molecule has 1 aromatic rings. The van der Waals surface area contributed by atoms with Gasteiger partial charge < -0.3 is 4.90 Å². The lowest BCUT2D eigenvalue weighted by atomic mass is 10.1. The lowest BCUT2D eigenvalue weighted by molar-refractivity contribution is -0.385. The van der Waals surface area contributed by atoms with Gasteiger partial charge >= 0.3 is 0 Å². The van der Waals surface area contributed by atoms with Crippen molar-refractivity contribution in [3.8, 4) is 0 Å². The summed E-state index contributed by atoms with van der Waals surface area (Å²) in [4.78, 5) is 12.7. The molecule has 1 fully saturated rings. The van der Waals surface area contributed by atoms with E-state index in [2.05, 4.69) is 4.90 Å². The van der Waals surface area contributed by atoms with Crippen molar-refractivity contribution >= 4 is 35.0 Å². The average molecular weight is 301 g/mol. The number of rotatable bonds is 3. The molecule has 2 rings (SSSR count). The Hall–Kier alpha value is -1.26. The molecule has 0 aliphatic carbocycles. The minimum Gasteiger partial charge on any atom is -0.377 e. The minimum absolute atomic E-state index is 0.0253. The van der Waals surface area contributed by atoms with Crippen molar-refractivity contribution in [1.29, 1.82) is 0 Å². The molecule has 1 aliphatic heterocycles. The topological polar surface area (TPSA) is 46.4 Å². The Kier molecular flexibility index (Phi) is 4.66. The van der Waals surface area contributed by atoms with Crippen LogP contribution in [0.5, 0.6) is 0 Å². The van der Waals surface area contributed by atoms with Crippen LogP contribution in [0.2, 0.25) is 10.0 Å². The molecule has 0 radical (unpaired) electrons. The van der Waals surface area contributed by atoms with Crippen LogP contribution in [0.25, 0.3) is 6.08 Å². The molecule has 1 heterocycles. The Morgan fingerprint density at radius 2 is 1.79 bits per heavy atom. The summed E-state index contributed by atoms with van der Waals surface area (Å²) in [7, 11) is 0. The molecule has 0 atom stereocenters. The molecule has 0 aromatic heterocycles. The van der Waals surface area contributed by atoms with Crippen LogP contribution in [0, 0.1) is 10.1 Å². The van der Waals surface area contributed by atoms with Gasteiger partial charge in [0.25, 0.3) is 5.69 Å². The van der Waals surface area contributed by atoms with Crippen molar-refractivity contribution in [2.45, 2.75) is 19.3 Å². The third-order valence-corrected chi connectivity index (χ3v) is 3.84. The van der Waals surface area contributed by atoms with Crippen LogP contribution in [0.1, 0.15) is 24.8 Å². The van der Waals surface area contributed by atoms with Crippen LogP contribution >= 0.6 is 23.2 Å². The van der Waals surface area contributed by atoms with Crippen molar-refractivity contribution < 1.29 is 4.92 Å². The molecular weight excluding hydrogens is 287 g/mol. The summed E-state index contributed by atoms with van der Waals surface area (Å²) in [5, 5.41) is 11.5. The van der Waals surface area contributed by atoms with Gasteiger partial charge in [0.1, 0.15) is 0 Å². The second kappa shape index (κ2) is 6.26. The molecule has 1 aliphatic rings. The van der Waals surface area contributed by atoms with Crippen molar-refractivity contribution in [3.05, 3.63) is 44.1 Å². The van der Waals surface area contributed by atoms with Crippen molar-refractivity contribution in [3.63, 3.8) is 0 Å². The van der Waals surface area contributed by atoms with Crippen molar-refractivity contribution in [2.75, 3.05) is 13.1 Å². The smallest absolute Gasteiger partial charge is 0.278 e. The van der Waals surface area contributed by atoms with E-state index in [9.17, 15) is 10.1 Å². The number of nitro benzene ring substituents is 1. The Labute approximate surface area is 121 Å². The summed E-state index contributed by atoms with van der Waals surface area (Å²) >= 11 is 11.7. The summed E-state index contributed by atoms with van der Waals surface area (Å²) in [6.45, 7) is 1.98. The predicted molar refractivity (Wildman–Crippen MR) is 77.6 cm³/mol. The van der Waals surface area contributed by atoms with E-state index < -0.39 is 4.92 Å². The van der Waals surface area contributed by atoms with Gasteiger partial charge in [0.2, 0.25) is 0 Å². The van der Waals surface area contributed by atoms with E-state index in [4.69, 9.17) is 23.2 Å². The van der Waals surface area contributed by atoms with Crippen molar-refractivity contribution in [1.82, 2.24) is 4.90 Å². The van der Waals surface area contributed by atoms with Gasteiger partial charge in [-0.15, -0.1) is 0 Å². The highest BCUT2D eigenvalue weighted by molar-refractivity contribution is 6.42. The zero-order valence-electron chi connectivity index (χ0n) is 10.3. The summed E-state index contributed by atoms with van der Waals surface area (Å²) in [6, 6.07) is 2.82. The first-order valence-electron chi connectivity index (χ1n) is 6.13. The number of nitro groups is 1. The number of hydrogen-bond donors (Lipinski definition) is 0. The third kappa shape index (κ3) is 3.61. The van der Waals surface area contributed by atoms with Crippen LogP contribution in [0.15, 0.2) is 18.3 Å². The lowest BCUT2D eigenvalue weighted by Gasteiger charge is -2.24. The van der Waals surface area contributed by atoms with Gasteiger partial charge in [0.05, 0.1) is 20.5 Å². The summed E-state index contributed by atoms with van der Waals surface area (Å²) in [6.07, 6.45) is 7.19. The standard InChI is InChI=1S/C13H14Cl2N2O2/c14-11-8-10(13(17(18)19)9-12(11)15)4-7-16-5-2-1-3-6-16/h4,7-9H,1-3,5-6H2. The van der Waals surface area contributed by atoms with E-state index in [0.717, 1.165) is 25.9 Å². The lowest BCUT2D eigenvalue weighted by Crippen LogP contribution is -2.23. The first-order valence-corrected chi connectivity index (χ1v) is 6.89. The molecular formula is C13H14Cl2N2O2. The predicted octanol–water partition coefficient (Wildman–Crippen LogP) is 4.36. The molecule has 0 amide bonds. The zero-order valence-corrected chi connectivity index (χ0v) is 11.8. The summed E-state index contributed by atoms with van der Waals surface area (Å²) < 4.78 is 0. The van der Waals surface area contributed by atoms with Crippen LogP contribution in [-0.2, 0) is 0 Å². The Morgan fingerprint density at radius 3 is 2.42 bits per heavy atom. The maximum Gasteiger partial charge on any atom is 0.278 e. The maximum absolute atomic E-state index is 11.0. The van der Waals surface area contributed by atoms with Crippen LogP contribution in [0.3, 0.4) is 0 Å². The van der Waals surface area contributed by atoms with Crippen LogP contribution in [-0.4, -0.2) is 22.9 Å². The second-order valence-corrected chi connectivity index (χ2v) is 5.31. The fourth-order valence-electron chi connectivity index (χ4n) is 2.10. The van der Waals surface area contributed by atoms with Gasteiger partial charge in [-0.05, 0) is 37.6 Å². The molecule has 0 bridgehead atoms. The third-order valence-electron chi connectivity index (χ3n) is 3.12. The van der Waals surface area contributed by atoms with Crippen molar-refractivity contribution in [2.24, 2.45) is 0 Å². The SMILES string of the molecule is O=[N+]([O-])c1cc(Cl)c(Cl)cc1C=CN1CCCCC1. The molecule has 0 unspecified atom stereocenters. The monoisotopic (exact) mass is 300 g/mol. The van der Waals surface area contributed by atoms with E-state index in [0.29, 0.717) is 10.6 Å². The molecule has 19 heavy (non-hydrogen) atoms. The highest BCUT2D eigenvalue weighted by atomic mass is 35.5. The highest BCUT2D eigenvalue weighted by Gasteiger charge is 2.15. The number of nitrogens with zero attached hydrogens (tertiary/aromatic N) is 2. The fourth-order valence-corrected chi connectivity index (χ4v) is 2.43. The molecule has 0 spiro atoms. The molecule has 0 N–H and O–H groups in total. The van der Waals surface area contributed by atoms with E-state index >= 15 is 0 Å². The van der Waals surface area contributed by atoms with Gasteiger partial charge in [-0.3, -0.25) is 10.1 Å². The molecule has 4 nitrogen and oxygen atoms in total. The molecule has 102 valence electrons. The number of hydrogen-bond acceptors (Lipinski definition) is 3. The van der Waals surface area contributed by atoms with E-state index in [-0.39, 0.29) is 10.7 Å². The Morgan fingerprint density at radius 1 is 1.16 bits per heavy atom.